The Morgan fingerprint density at radius 3 is 2.56 bits per heavy atom. The maximum atomic E-state index is 12.4. The summed E-state index contributed by atoms with van der Waals surface area (Å²) in [5.41, 5.74) is 0.787. The minimum atomic E-state index is -0.328. The predicted octanol–water partition coefficient (Wildman–Crippen LogP) is 2.00. The Balaban J connectivity index is 2.11. The molecule has 1 unspecified atom stereocenters. The predicted molar refractivity (Wildman–Crippen MR) is 71.3 cm³/mol. The van der Waals surface area contributed by atoms with E-state index in [1.54, 1.807) is 0 Å². The van der Waals surface area contributed by atoms with E-state index in [-0.39, 0.29) is 24.0 Å². The molecule has 3 nitrogen and oxygen atoms in total. The van der Waals surface area contributed by atoms with Gasteiger partial charge in [-0.15, -0.1) is 0 Å². The Morgan fingerprint density at radius 1 is 1.39 bits per heavy atom. The van der Waals surface area contributed by atoms with Crippen LogP contribution in [0.2, 0.25) is 0 Å². The van der Waals surface area contributed by atoms with Gasteiger partial charge in [-0.05, 0) is 31.7 Å². The highest BCUT2D eigenvalue weighted by Crippen LogP contribution is 2.43. The number of hydrogen-bond donors (Lipinski definition) is 2. The van der Waals surface area contributed by atoms with E-state index in [1.165, 1.54) is 0 Å². The summed E-state index contributed by atoms with van der Waals surface area (Å²) in [6.07, 6.45) is 3.57. The van der Waals surface area contributed by atoms with E-state index in [0.29, 0.717) is 6.42 Å². The van der Waals surface area contributed by atoms with Crippen LogP contribution in [0.5, 0.6) is 0 Å². The minimum Gasteiger partial charge on any atom is -0.396 e. The molecule has 0 saturated heterocycles. The Kier molecular flexibility index (Phi) is 4.02. The average Bonchev–Trinajstić information content (AvgIpc) is 2.29. The van der Waals surface area contributed by atoms with Crippen LogP contribution in [-0.2, 0) is 10.2 Å². The third kappa shape index (κ3) is 2.41. The number of nitrogens with one attached hydrogen (secondary N) is 1. The van der Waals surface area contributed by atoms with Crippen molar-refractivity contribution in [3.8, 4) is 0 Å². The molecule has 2 N–H and O–H groups in total. The lowest BCUT2D eigenvalue weighted by molar-refractivity contribution is -0.130. The fraction of sp³-hybridized carbons (Fsp3) is 0.533. The highest BCUT2D eigenvalue weighted by Gasteiger charge is 2.45. The molecular weight excluding hydrogens is 226 g/mol. The van der Waals surface area contributed by atoms with Crippen LogP contribution in [0, 0.1) is 0 Å². The molecule has 1 aliphatic rings. The van der Waals surface area contributed by atoms with Gasteiger partial charge in [-0.3, -0.25) is 4.79 Å². The van der Waals surface area contributed by atoms with Crippen molar-refractivity contribution < 1.29 is 9.90 Å². The third-order valence-electron chi connectivity index (χ3n) is 3.91. The molecule has 1 aliphatic carbocycles. The zero-order valence-corrected chi connectivity index (χ0v) is 10.9. The zero-order valence-electron chi connectivity index (χ0n) is 10.9. The lowest BCUT2D eigenvalue weighted by Crippen LogP contribution is -2.51. The van der Waals surface area contributed by atoms with Gasteiger partial charge in [0.25, 0.3) is 0 Å². The monoisotopic (exact) mass is 247 g/mol. The van der Waals surface area contributed by atoms with Crippen molar-refractivity contribution in [1.82, 2.24) is 5.32 Å². The van der Waals surface area contributed by atoms with Crippen molar-refractivity contribution >= 4 is 5.91 Å². The molecule has 1 fully saturated rings. The number of amides is 1. The molecule has 98 valence electrons. The number of rotatable bonds is 5. The first kappa shape index (κ1) is 13.1. The van der Waals surface area contributed by atoms with E-state index in [1.807, 2.05) is 37.3 Å². The van der Waals surface area contributed by atoms with E-state index in [2.05, 4.69) is 5.32 Å². The zero-order chi connectivity index (χ0) is 13.0. The van der Waals surface area contributed by atoms with Crippen LogP contribution >= 0.6 is 0 Å². The second-order valence-corrected chi connectivity index (χ2v) is 5.19. The molecular formula is C15H21NO2. The topological polar surface area (TPSA) is 49.3 Å². The van der Waals surface area contributed by atoms with Crippen molar-refractivity contribution in [2.45, 2.75) is 44.1 Å². The summed E-state index contributed by atoms with van der Waals surface area (Å²) in [6, 6.07) is 10.1. The van der Waals surface area contributed by atoms with Gasteiger partial charge in [0, 0.05) is 12.6 Å². The van der Waals surface area contributed by atoms with E-state index >= 15 is 0 Å². The Labute approximate surface area is 108 Å². The van der Waals surface area contributed by atoms with Crippen LogP contribution in [0.25, 0.3) is 0 Å². The smallest absolute Gasteiger partial charge is 0.230 e. The van der Waals surface area contributed by atoms with E-state index in [0.717, 1.165) is 24.8 Å². The molecule has 18 heavy (non-hydrogen) atoms. The molecule has 1 aromatic carbocycles. The van der Waals surface area contributed by atoms with Crippen molar-refractivity contribution in [3.63, 3.8) is 0 Å². The van der Waals surface area contributed by atoms with Crippen LogP contribution in [0.4, 0.5) is 0 Å². The maximum Gasteiger partial charge on any atom is 0.230 e. The van der Waals surface area contributed by atoms with Crippen molar-refractivity contribution in [2.24, 2.45) is 0 Å². The highest BCUT2D eigenvalue weighted by atomic mass is 16.3. The summed E-state index contributed by atoms with van der Waals surface area (Å²) in [5, 5.41) is 11.9. The third-order valence-corrected chi connectivity index (χ3v) is 3.91. The first-order valence-electron chi connectivity index (χ1n) is 6.66. The molecule has 0 aliphatic heterocycles. The molecule has 1 atom stereocenters. The van der Waals surface area contributed by atoms with Crippen LogP contribution in [0.15, 0.2) is 30.3 Å². The molecule has 3 heteroatoms. The van der Waals surface area contributed by atoms with Gasteiger partial charge in [0.05, 0.1) is 5.41 Å². The van der Waals surface area contributed by atoms with Gasteiger partial charge in [-0.1, -0.05) is 36.8 Å². The van der Waals surface area contributed by atoms with Gasteiger partial charge in [-0.25, -0.2) is 0 Å². The fourth-order valence-electron chi connectivity index (χ4n) is 2.56. The molecule has 0 bridgehead atoms. The van der Waals surface area contributed by atoms with E-state index < -0.39 is 0 Å². The fourth-order valence-corrected chi connectivity index (χ4v) is 2.56. The quantitative estimate of drug-likeness (QED) is 0.836. The standard InChI is InChI=1S/C15H21NO2/c1-12(8-11-17)16-14(18)15(9-5-10-15)13-6-3-2-4-7-13/h2-4,6-7,12,17H,5,8-11H2,1H3,(H,16,18). The second-order valence-electron chi connectivity index (χ2n) is 5.19. The molecule has 1 aromatic rings. The molecule has 0 heterocycles. The first-order valence-corrected chi connectivity index (χ1v) is 6.66. The van der Waals surface area contributed by atoms with Gasteiger partial charge in [0.15, 0.2) is 0 Å². The summed E-state index contributed by atoms with van der Waals surface area (Å²) in [4.78, 5) is 12.4. The normalized spacial score (nSPS) is 18.8. The van der Waals surface area contributed by atoms with Crippen molar-refractivity contribution in [2.75, 3.05) is 6.61 Å². The largest absolute Gasteiger partial charge is 0.396 e. The lowest BCUT2D eigenvalue weighted by Gasteiger charge is -2.41. The number of hydrogen-bond acceptors (Lipinski definition) is 2. The average molecular weight is 247 g/mol. The Hall–Kier alpha value is -1.35. The molecule has 0 aromatic heterocycles. The summed E-state index contributed by atoms with van der Waals surface area (Å²) in [6.45, 7) is 2.05. The molecule has 1 saturated carbocycles. The summed E-state index contributed by atoms with van der Waals surface area (Å²) >= 11 is 0. The summed E-state index contributed by atoms with van der Waals surface area (Å²) in [5.74, 6) is 0.112. The Bertz CT molecular complexity index is 398. The van der Waals surface area contributed by atoms with Crippen LogP contribution in [0.3, 0.4) is 0 Å². The molecule has 0 radical (unpaired) electrons. The summed E-state index contributed by atoms with van der Waals surface area (Å²) < 4.78 is 0. The minimum absolute atomic E-state index is 0.0312. The lowest BCUT2D eigenvalue weighted by atomic mass is 9.63. The maximum absolute atomic E-state index is 12.4. The second kappa shape index (κ2) is 5.53. The van der Waals surface area contributed by atoms with Crippen molar-refractivity contribution in [3.05, 3.63) is 35.9 Å². The van der Waals surface area contributed by atoms with Gasteiger partial charge in [-0.2, -0.15) is 0 Å². The van der Waals surface area contributed by atoms with Gasteiger partial charge in [0.2, 0.25) is 5.91 Å². The SMILES string of the molecule is CC(CCO)NC(=O)C1(c2ccccc2)CCC1. The Morgan fingerprint density at radius 2 is 2.06 bits per heavy atom. The number of aliphatic hydroxyl groups is 1. The number of carbonyl (C=O) groups is 1. The van der Waals surface area contributed by atoms with Crippen LogP contribution < -0.4 is 5.32 Å². The number of benzene rings is 1. The summed E-state index contributed by atoms with van der Waals surface area (Å²) in [7, 11) is 0. The van der Waals surface area contributed by atoms with E-state index in [4.69, 9.17) is 5.11 Å². The highest BCUT2D eigenvalue weighted by molar-refractivity contribution is 5.89. The molecule has 2 rings (SSSR count). The first-order chi connectivity index (χ1) is 8.69. The molecule has 0 spiro atoms. The van der Waals surface area contributed by atoms with Crippen molar-refractivity contribution in [1.29, 1.82) is 0 Å². The van der Waals surface area contributed by atoms with Crippen LogP contribution in [0.1, 0.15) is 38.2 Å². The van der Waals surface area contributed by atoms with E-state index in [9.17, 15) is 4.79 Å². The number of carbonyl (C=O) groups excluding carboxylic acids is 1. The van der Waals surface area contributed by atoms with Gasteiger partial charge >= 0.3 is 0 Å². The van der Waals surface area contributed by atoms with Crippen LogP contribution in [-0.4, -0.2) is 23.7 Å². The van der Waals surface area contributed by atoms with Gasteiger partial charge < -0.3 is 10.4 Å². The molecule has 1 amide bonds. The number of aliphatic hydroxyl groups excluding tert-OH is 1. The van der Waals surface area contributed by atoms with Gasteiger partial charge in [0.1, 0.15) is 0 Å².